The summed E-state index contributed by atoms with van der Waals surface area (Å²) in [6.45, 7) is 6.60. The molecular formula is C54H98O6. The maximum atomic E-state index is 12.8. The quantitative estimate of drug-likeness (QED) is 0.0263. The second-order valence-corrected chi connectivity index (χ2v) is 17.4. The fraction of sp³-hybridized carbons (Fsp3) is 0.833. The van der Waals surface area contributed by atoms with Crippen LogP contribution in [0.1, 0.15) is 271 Å². The van der Waals surface area contributed by atoms with Gasteiger partial charge < -0.3 is 14.2 Å². The van der Waals surface area contributed by atoms with Crippen LogP contribution in [0, 0.1) is 0 Å². The van der Waals surface area contributed by atoms with E-state index in [4.69, 9.17) is 14.2 Å². The lowest BCUT2D eigenvalue weighted by molar-refractivity contribution is -0.167. The lowest BCUT2D eigenvalue weighted by Gasteiger charge is -2.18. The van der Waals surface area contributed by atoms with Gasteiger partial charge in [-0.1, -0.05) is 237 Å². The van der Waals surface area contributed by atoms with Crippen molar-refractivity contribution in [3.63, 3.8) is 0 Å². The molecule has 6 nitrogen and oxygen atoms in total. The Hall–Kier alpha value is -2.37. The third-order valence-corrected chi connectivity index (χ3v) is 11.4. The molecule has 0 aromatic heterocycles. The zero-order valence-electron chi connectivity index (χ0n) is 40.0. The third kappa shape index (κ3) is 46.7. The highest BCUT2D eigenvalue weighted by molar-refractivity contribution is 5.71. The van der Waals surface area contributed by atoms with Gasteiger partial charge in [0, 0.05) is 19.3 Å². The van der Waals surface area contributed by atoms with Gasteiger partial charge in [0.05, 0.1) is 0 Å². The van der Waals surface area contributed by atoms with Crippen LogP contribution in [0.4, 0.5) is 0 Å². The average Bonchev–Trinajstić information content (AvgIpc) is 3.24. The molecule has 0 amide bonds. The van der Waals surface area contributed by atoms with Gasteiger partial charge >= 0.3 is 17.9 Å². The molecule has 0 aromatic carbocycles. The van der Waals surface area contributed by atoms with E-state index in [1.54, 1.807) is 0 Å². The van der Waals surface area contributed by atoms with Gasteiger partial charge in [-0.15, -0.1) is 0 Å². The summed E-state index contributed by atoms with van der Waals surface area (Å²) in [5.41, 5.74) is 0. The summed E-state index contributed by atoms with van der Waals surface area (Å²) >= 11 is 0. The van der Waals surface area contributed by atoms with Gasteiger partial charge in [-0.2, -0.15) is 0 Å². The first-order valence-corrected chi connectivity index (χ1v) is 26.0. The number of hydrogen-bond donors (Lipinski definition) is 0. The fourth-order valence-corrected chi connectivity index (χ4v) is 7.46. The van der Waals surface area contributed by atoms with E-state index in [0.717, 1.165) is 57.8 Å². The van der Waals surface area contributed by atoms with Crippen molar-refractivity contribution in [2.24, 2.45) is 0 Å². The summed E-state index contributed by atoms with van der Waals surface area (Å²) in [5, 5.41) is 0. The molecule has 6 heteroatoms. The number of carbonyl (C=O) groups excluding carboxylic acids is 3. The molecule has 0 radical (unpaired) electrons. The van der Waals surface area contributed by atoms with Crippen molar-refractivity contribution in [3.05, 3.63) is 36.5 Å². The number of unbranched alkanes of at least 4 members (excludes halogenated alkanes) is 30. The molecule has 0 saturated heterocycles. The van der Waals surface area contributed by atoms with E-state index < -0.39 is 6.10 Å². The number of hydrogen-bond acceptors (Lipinski definition) is 6. The van der Waals surface area contributed by atoms with Gasteiger partial charge in [0.25, 0.3) is 0 Å². The molecule has 0 heterocycles. The molecule has 0 bridgehead atoms. The van der Waals surface area contributed by atoms with E-state index in [1.807, 2.05) is 0 Å². The molecule has 0 saturated carbocycles. The molecular weight excluding hydrogens is 745 g/mol. The topological polar surface area (TPSA) is 78.9 Å². The van der Waals surface area contributed by atoms with Crippen LogP contribution in [0.15, 0.2) is 36.5 Å². The minimum absolute atomic E-state index is 0.0834. The molecule has 0 aliphatic rings. The largest absolute Gasteiger partial charge is 0.462 e. The van der Waals surface area contributed by atoms with Crippen molar-refractivity contribution in [2.75, 3.05) is 13.2 Å². The summed E-state index contributed by atoms with van der Waals surface area (Å²) in [4.78, 5) is 37.9. The lowest BCUT2D eigenvalue weighted by atomic mass is 10.0. The van der Waals surface area contributed by atoms with Gasteiger partial charge in [-0.25, -0.2) is 0 Å². The predicted molar refractivity (Wildman–Crippen MR) is 256 cm³/mol. The van der Waals surface area contributed by atoms with Gasteiger partial charge in [0.15, 0.2) is 6.10 Å². The summed E-state index contributed by atoms with van der Waals surface area (Å²) in [5.74, 6) is -0.927. The van der Waals surface area contributed by atoms with E-state index in [0.29, 0.717) is 25.7 Å². The number of rotatable bonds is 47. The summed E-state index contributed by atoms with van der Waals surface area (Å²) in [6, 6.07) is 0. The second-order valence-electron chi connectivity index (χ2n) is 17.4. The van der Waals surface area contributed by atoms with E-state index in [1.165, 1.54) is 167 Å². The van der Waals surface area contributed by atoms with Crippen LogP contribution < -0.4 is 0 Å². The summed E-state index contributed by atoms with van der Waals surface area (Å²) in [7, 11) is 0. The van der Waals surface area contributed by atoms with Crippen molar-refractivity contribution in [1.82, 2.24) is 0 Å². The van der Waals surface area contributed by atoms with Crippen molar-refractivity contribution >= 4 is 17.9 Å². The Morgan fingerprint density at radius 2 is 0.617 bits per heavy atom. The molecule has 1 unspecified atom stereocenters. The zero-order chi connectivity index (χ0) is 43.7. The molecule has 0 spiro atoms. The predicted octanol–water partition coefficient (Wildman–Crippen LogP) is 16.9. The Morgan fingerprint density at radius 3 is 1.00 bits per heavy atom. The third-order valence-electron chi connectivity index (χ3n) is 11.4. The van der Waals surface area contributed by atoms with Crippen LogP contribution in [0.5, 0.6) is 0 Å². The van der Waals surface area contributed by atoms with Crippen molar-refractivity contribution in [1.29, 1.82) is 0 Å². The Bertz CT molecular complexity index is 1020. The Labute approximate surface area is 372 Å². The first kappa shape index (κ1) is 57.6. The Kier molecular flexibility index (Phi) is 47.3. The molecule has 0 fully saturated rings. The lowest BCUT2D eigenvalue weighted by Crippen LogP contribution is -2.30. The smallest absolute Gasteiger partial charge is 0.306 e. The number of carbonyl (C=O) groups is 3. The Morgan fingerprint density at radius 1 is 0.333 bits per heavy atom. The normalized spacial score (nSPS) is 12.2. The van der Waals surface area contributed by atoms with Gasteiger partial charge in [-0.3, -0.25) is 14.4 Å². The summed E-state index contributed by atoms with van der Waals surface area (Å²) < 4.78 is 16.7. The number of esters is 3. The van der Waals surface area contributed by atoms with Crippen LogP contribution in [-0.2, 0) is 28.6 Å². The van der Waals surface area contributed by atoms with Crippen LogP contribution in [-0.4, -0.2) is 37.2 Å². The zero-order valence-corrected chi connectivity index (χ0v) is 40.0. The van der Waals surface area contributed by atoms with E-state index in [2.05, 4.69) is 57.2 Å². The monoisotopic (exact) mass is 843 g/mol. The molecule has 60 heavy (non-hydrogen) atoms. The summed E-state index contributed by atoms with van der Waals surface area (Å²) in [6.07, 6.45) is 57.0. The van der Waals surface area contributed by atoms with Crippen molar-refractivity contribution < 1.29 is 28.6 Å². The average molecular weight is 843 g/mol. The number of allylic oxidation sites excluding steroid dienone is 6. The molecule has 350 valence electrons. The minimum Gasteiger partial charge on any atom is -0.462 e. The van der Waals surface area contributed by atoms with E-state index in [-0.39, 0.29) is 31.1 Å². The first-order valence-electron chi connectivity index (χ1n) is 26.0. The van der Waals surface area contributed by atoms with Crippen molar-refractivity contribution in [3.8, 4) is 0 Å². The molecule has 0 N–H and O–H groups in total. The van der Waals surface area contributed by atoms with E-state index in [9.17, 15) is 14.4 Å². The standard InChI is InChI=1S/C54H98O6/c1-4-7-10-13-16-19-22-25-26-27-28-30-32-35-38-41-44-47-53(56)59-50-51(49-58-52(55)46-43-40-37-34-31-24-21-18-15-12-9-6-3)60-54(57)48-45-42-39-36-33-29-23-20-17-14-11-8-5-2/h25-26,28,30,35,38,51H,4-24,27,29,31-34,36-37,39-50H2,1-3H3/b26-25-,30-28-,38-35-. The highest BCUT2D eigenvalue weighted by Gasteiger charge is 2.19. The number of ether oxygens (including phenoxy) is 3. The molecule has 0 aliphatic heterocycles. The van der Waals surface area contributed by atoms with Crippen LogP contribution in [0.2, 0.25) is 0 Å². The van der Waals surface area contributed by atoms with Gasteiger partial charge in [0.2, 0.25) is 0 Å². The van der Waals surface area contributed by atoms with Crippen LogP contribution in [0.3, 0.4) is 0 Å². The van der Waals surface area contributed by atoms with Gasteiger partial charge in [-0.05, 0) is 51.4 Å². The SMILES string of the molecule is CCCCCCCC/C=C\C/C=C\C/C=C\CCCC(=O)OCC(COC(=O)CCCCCCCCCCCCCC)OC(=O)CCCCCCCCCCCCCCC. The molecule has 1 atom stereocenters. The highest BCUT2D eigenvalue weighted by atomic mass is 16.6. The Balaban J connectivity index is 4.41. The second kappa shape index (κ2) is 49.3. The van der Waals surface area contributed by atoms with Gasteiger partial charge in [0.1, 0.15) is 13.2 Å². The van der Waals surface area contributed by atoms with Crippen LogP contribution >= 0.6 is 0 Å². The van der Waals surface area contributed by atoms with Crippen LogP contribution in [0.25, 0.3) is 0 Å². The highest BCUT2D eigenvalue weighted by Crippen LogP contribution is 2.15. The maximum Gasteiger partial charge on any atom is 0.306 e. The molecule has 0 aliphatic carbocycles. The van der Waals surface area contributed by atoms with E-state index >= 15 is 0 Å². The molecule has 0 rings (SSSR count). The molecule has 0 aromatic rings. The fourth-order valence-electron chi connectivity index (χ4n) is 7.46. The first-order chi connectivity index (χ1) is 29.5. The maximum absolute atomic E-state index is 12.8. The van der Waals surface area contributed by atoms with Crippen molar-refractivity contribution in [2.45, 2.75) is 277 Å². The minimum atomic E-state index is -0.786.